The maximum Gasteiger partial charge on any atom is 0.433 e. The fraction of sp³-hybridized carbons (Fsp3) is 0.333. The number of primary amides is 1. The Balaban J connectivity index is 1.71. The highest BCUT2D eigenvalue weighted by atomic mass is 32.2. The summed E-state index contributed by atoms with van der Waals surface area (Å²) >= 11 is 1.23. The van der Waals surface area contributed by atoms with Gasteiger partial charge in [0.2, 0.25) is 11.9 Å². The summed E-state index contributed by atoms with van der Waals surface area (Å²) in [4.78, 5) is 23.9. The van der Waals surface area contributed by atoms with Crippen molar-refractivity contribution in [3.63, 3.8) is 0 Å². The summed E-state index contributed by atoms with van der Waals surface area (Å²) in [5.74, 6) is -0.860. The molecule has 0 aliphatic heterocycles. The zero-order chi connectivity index (χ0) is 24.7. The normalized spacial score (nSPS) is 15.5. The summed E-state index contributed by atoms with van der Waals surface area (Å²) < 4.78 is 62.9. The van der Waals surface area contributed by atoms with E-state index in [2.05, 4.69) is 20.3 Å². The second-order valence-electron chi connectivity index (χ2n) is 8.10. The number of thiazole rings is 1. The van der Waals surface area contributed by atoms with Gasteiger partial charge in [-0.1, -0.05) is 0 Å². The van der Waals surface area contributed by atoms with E-state index in [0.717, 1.165) is 18.7 Å². The van der Waals surface area contributed by atoms with Crippen LogP contribution in [0, 0.1) is 0 Å². The number of nitrogens with one attached hydrogen (secondary N) is 1. The van der Waals surface area contributed by atoms with Crippen molar-refractivity contribution in [2.24, 2.45) is 5.73 Å². The highest BCUT2D eigenvalue weighted by molar-refractivity contribution is 7.91. The SMILES string of the molecule is CS(=O)(=O)C1(c2ncc(-c3cc(CC(N)=O)cc(Nc4nccc(C(F)(F)F)n4)c3)s2)CCC1. The molecule has 2 heterocycles. The summed E-state index contributed by atoms with van der Waals surface area (Å²) in [6.07, 6.45) is 0.808. The van der Waals surface area contributed by atoms with Crippen molar-refractivity contribution in [1.82, 2.24) is 15.0 Å². The Labute approximate surface area is 197 Å². The van der Waals surface area contributed by atoms with Gasteiger partial charge in [-0.25, -0.2) is 23.4 Å². The minimum absolute atomic E-state index is 0.106. The van der Waals surface area contributed by atoms with Crippen LogP contribution in [0.15, 0.2) is 36.7 Å². The van der Waals surface area contributed by atoms with Crippen molar-refractivity contribution in [3.05, 3.63) is 52.9 Å². The first-order valence-electron chi connectivity index (χ1n) is 10.1. The number of halogens is 3. The Hall–Kier alpha value is -3.06. The third kappa shape index (κ3) is 4.75. The average Bonchev–Trinajstić information content (AvgIpc) is 3.15. The first-order valence-corrected chi connectivity index (χ1v) is 12.8. The van der Waals surface area contributed by atoms with Crippen molar-refractivity contribution in [2.45, 2.75) is 36.6 Å². The van der Waals surface area contributed by atoms with Crippen LogP contribution in [0.25, 0.3) is 10.4 Å². The molecule has 0 radical (unpaired) electrons. The van der Waals surface area contributed by atoms with Crippen LogP contribution in [-0.2, 0) is 32.0 Å². The number of nitrogens with zero attached hydrogens (tertiary/aromatic N) is 3. The molecule has 0 unspecified atom stereocenters. The van der Waals surface area contributed by atoms with Gasteiger partial charge in [0.25, 0.3) is 0 Å². The molecule has 1 amide bonds. The molecule has 1 saturated carbocycles. The molecule has 0 bridgehead atoms. The second-order valence-corrected chi connectivity index (χ2v) is 11.5. The quantitative estimate of drug-likeness (QED) is 0.494. The van der Waals surface area contributed by atoms with Crippen LogP contribution in [0.2, 0.25) is 0 Å². The lowest BCUT2D eigenvalue weighted by atomic mass is 9.85. The van der Waals surface area contributed by atoms with Crippen LogP contribution in [0.4, 0.5) is 24.8 Å². The van der Waals surface area contributed by atoms with Crippen LogP contribution < -0.4 is 11.1 Å². The number of aromatic nitrogens is 3. The summed E-state index contributed by atoms with van der Waals surface area (Å²) in [5.41, 5.74) is 5.68. The number of alkyl halides is 3. The molecule has 1 fully saturated rings. The number of benzene rings is 1. The third-order valence-corrected chi connectivity index (χ3v) is 9.03. The zero-order valence-electron chi connectivity index (χ0n) is 17.9. The molecule has 0 saturated heterocycles. The van der Waals surface area contributed by atoms with Crippen molar-refractivity contribution in [2.75, 3.05) is 11.6 Å². The first-order chi connectivity index (χ1) is 15.9. The van der Waals surface area contributed by atoms with Gasteiger partial charge < -0.3 is 11.1 Å². The smallest absolute Gasteiger partial charge is 0.369 e. The predicted molar refractivity (Wildman–Crippen MR) is 121 cm³/mol. The second kappa shape index (κ2) is 8.62. The minimum atomic E-state index is -4.63. The predicted octanol–water partition coefficient (Wildman–Crippen LogP) is 3.81. The van der Waals surface area contributed by atoms with Gasteiger partial charge in [-0.05, 0) is 54.7 Å². The van der Waals surface area contributed by atoms with Gasteiger partial charge in [0.05, 0.1) is 11.3 Å². The molecule has 4 rings (SSSR count). The maximum atomic E-state index is 13.0. The van der Waals surface area contributed by atoms with Crippen molar-refractivity contribution in [3.8, 4) is 10.4 Å². The van der Waals surface area contributed by atoms with Crippen molar-refractivity contribution in [1.29, 1.82) is 0 Å². The molecular weight excluding hydrogens is 491 g/mol. The fourth-order valence-corrected chi connectivity index (χ4v) is 6.80. The van der Waals surface area contributed by atoms with E-state index >= 15 is 0 Å². The summed E-state index contributed by atoms with van der Waals surface area (Å²) in [6.45, 7) is 0. The Morgan fingerprint density at radius 2 is 1.97 bits per heavy atom. The van der Waals surface area contributed by atoms with Crippen LogP contribution >= 0.6 is 11.3 Å². The highest BCUT2D eigenvalue weighted by Crippen LogP contribution is 2.50. The number of sulfone groups is 1. The van der Waals surface area contributed by atoms with E-state index in [4.69, 9.17) is 5.73 Å². The molecule has 34 heavy (non-hydrogen) atoms. The topological polar surface area (TPSA) is 128 Å². The number of nitrogens with two attached hydrogens (primary N) is 1. The lowest BCUT2D eigenvalue weighted by Crippen LogP contribution is -2.41. The standard InChI is InChI=1S/C21H20F3N5O3S2/c1-34(31,32)20(4-2-5-20)18-27-11-15(33-18)13-7-12(9-17(25)30)8-14(10-13)28-19-26-6-3-16(29-19)21(22,23)24/h3,6-8,10-11H,2,4-5,9H2,1H3,(H2,25,30)(H,26,28,29). The Morgan fingerprint density at radius 3 is 2.56 bits per heavy atom. The number of hydrogen-bond acceptors (Lipinski definition) is 8. The van der Waals surface area contributed by atoms with Crippen LogP contribution in [0.1, 0.15) is 35.5 Å². The molecule has 0 spiro atoms. The third-order valence-electron chi connectivity index (χ3n) is 5.62. The number of carbonyl (C=O) groups excluding carboxylic acids is 1. The summed E-state index contributed by atoms with van der Waals surface area (Å²) in [6, 6.07) is 5.66. The van der Waals surface area contributed by atoms with E-state index in [9.17, 15) is 26.4 Å². The number of hydrogen-bond donors (Lipinski definition) is 2. The van der Waals surface area contributed by atoms with Gasteiger partial charge in [0, 0.05) is 24.3 Å². The lowest BCUT2D eigenvalue weighted by molar-refractivity contribution is -0.141. The molecule has 8 nitrogen and oxygen atoms in total. The van der Waals surface area contributed by atoms with Gasteiger partial charge in [0.15, 0.2) is 9.84 Å². The van der Waals surface area contributed by atoms with Gasteiger partial charge in [-0.2, -0.15) is 13.2 Å². The Kier molecular flexibility index (Phi) is 6.10. The van der Waals surface area contributed by atoms with Gasteiger partial charge in [0.1, 0.15) is 15.4 Å². The number of carbonyl (C=O) groups is 1. The first kappa shape index (κ1) is 24.1. The van der Waals surface area contributed by atoms with E-state index in [1.54, 1.807) is 24.4 Å². The average molecular weight is 512 g/mol. The number of amides is 1. The van der Waals surface area contributed by atoms with Crippen LogP contribution in [-0.4, -0.2) is 35.5 Å². The van der Waals surface area contributed by atoms with Gasteiger partial charge in [-0.3, -0.25) is 4.79 Å². The lowest BCUT2D eigenvalue weighted by Gasteiger charge is -2.37. The number of rotatable bonds is 7. The molecule has 2 aromatic heterocycles. The van der Waals surface area contributed by atoms with Crippen molar-refractivity contribution >= 4 is 38.7 Å². The zero-order valence-corrected chi connectivity index (χ0v) is 19.5. The van der Waals surface area contributed by atoms with Gasteiger partial charge in [-0.15, -0.1) is 11.3 Å². The molecule has 1 aliphatic rings. The van der Waals surface area contributed by atoms with Gasteiger partial charge >= 0.3 is 6.18 Å². The molecule has 3 aromatic rings. The molecular formula is C21H20F3N5O3S2. The summed E-state index contributed by atoms with van der Waals surface area (Å²) in [7, 11) is -3.37. The molecule has 3 N–H and O–H groups in total. The molecule has 1 aliphatic carbocycles. The van der Waals surface area contributed by atoms with E-state index in [0.29, 0.717) is 39.5 Å². The van der Waals surface area contributed by atoms with Crippen LogP contribution in [0.5, 0.6) is 0 Å². The maximum absolute atomic E-state index is 13.0. The fourth-order valence-electron chi connectivity index (χ4n) is 3.77. The van der Waals surface area contributed by atoms with E-state index in [1.165, 1.54) is 17.6 Å². The molecule has 0 atom stereocenters. The monoisotopic (exact) mass is 511 g/mol. The summed E-state index contributed by atoms with van der Waals surface area (Å²) in [5, 5.41) is 3.23. The van der Waals surface area contributed by atoms with Crippen molar-refractivity contribution < 1.29 is 26.4 Å². The number of anilines is 2. The molecule has 13 heteroatoms. The minimum Gasteiger partial charge on any atom is -0.369 e. The van der Waals surface area contributed by atoms with E-state index < -0.39 is 32.4 Å². The Bertz CT molecular complexity index is 1350. The van der Waals surface area contributed by atoms with Crippen LogP contribution in [0.3, 0.4) is 0 Å². The van der Waals surface area contributed by atoms with E-state index in [-0.39, 0.29) is 12.4 Å². The largest absolute Gasteiger partial charge is 0.433 e. The molecule has 180 valence electrons. The molecule has 1 aromatic carbocycles. The highest BCUT2D eigenvalue weighted by Gasteiger charge is 2.50. The van der Waals surface area contributed by atoms with E-state index in [1.807, 2.05) is 0 Å². The Morgan fingerprint density at radius 1 is 1.24 bits per heavy atom.